The molecule has 6 heterocycles. The first kappa shape index (κ1) is 47.0. The maximum absolute atomic E-state index is 12.7. The number of phosphoric acid groups is 2. The van der Waals surface area contributed by atoms with E-state index in [4.69, 9.17) is 34.7 Å². The lowest BCUT2D eigenvalue weighted by molar-refractivity contribution is -0.765. The number of carbonyl (C=O) groups is 2. The van der Waals surface area contributed by atoms with Crippen LogP contribution in [-0.2, 0) is 54.6 Å². The average Bonchev–Trinajstić information content (AvgIpc) is 4.01. The minimum absolute atomic E-state index is 0.0589. The van der Waals surface area contributed by atoms with E-state index in [0.29, 0.717) is 45.0 Å². The molecule has 30 heteroatoms. The Balaban J connectivity index is 0.970. The fourth-order valence-electron chi connectivity index (χ4n) is 6.30. The number of aliphatic hydroxyl groups is 4. The van der Waals surface area contributed by atoms with Crippen molar-refractivity contribution < 1.29 is 81.1 Å². The van der Waals surface area contributed by atoms with Crippen LogP contribution in [0.1, 0.15) is 41.3 Å². The zero-order valence-corrected chi connectivity index (χ0v) is 34.4. The maximum atomic E-state index is 12.7. The van der Waals surface area contributed by atoms with E-state index in [1.807, 2.05) is 0 Å². The van der Waals surface area contributed by atoms with Crippen LogP contribution in [0.4, 0.5) is 5.82 Å². The molecule has 0 saturated carbocycles. The topological polar surface area (TPSA) is 399 Å². The molecule has 4 aromatic heterocycles. The minimum atomic E-state index is -5.44. The average molecular weight is 918 g/mol. The van der Waals surface area contributed by atoms with Gasteiger partial charge in [0.15, 0.2) is 41.7 Å². The number of fused-ring (bicyclic) bond motifs is 1. The number of aromatic nitrogens is 8. The summed E-state index contributed by atoms with van der Waals surface area (Å²) in [4.78, 5) is 56.6. The van der Waals surface area contributed by atoms with Crippen LogP contribution in [0.25, 0.3) is 11.2 Å². The Morgan fingerprint density at radius 3 is 2.42 bits per heavy atom. The van der Waals surface area contributed by atoms with Gasteiger partial charge in [0, 0.05) is 32.1 Å². The summed E-state index contributed by atoms with van der Waals surface area (Å²) in [5.41, 5.74) is 11.7. The zero-order valence-electron chi connectivity index (χ0n) is 32.6. The monoisotopic (exact) mass is 917 g/mol. The third-order valence-electron chi connectivity index (χ3n) is 9.36. The van der Waals surface area contributed by atoms with Crippen LogP contribution in [0, 0.1) is 0 Å². The lowest BCUT2D eigenvalue weighted by atomic mass is 10.1. The number of ether oxygens (including phenoxy) is 3. The molecule has 0 bridgehead atoms. The van der Waals surface area contributed by atoms with Crippen LogP contribution in [0.5, 0.6) is 0 Å². The van der Waals surface area contributed by atoms with E-state index in [1.54, 1.807) is 10.9 Å². The first-order valence-corrected chi connectivity index (χ1v) is 21.9. The van der Waals surface area contributed by atoms with Gasteiger partial charge in [-0.05, 0) is 12.5 Å². The number of hydrogen-bond acceptors (Lipinski definition) is 21. The van der Waals surface area contributed by atoms with Gasteiger partial charge < -0.3 is 66.5 Å². The molecule has 2 aliphatic heterocycles. The Kier molecular flexibility index (Phi) is 15.8. The predicted octanol–water partition coefficient (Wildman–Crippen LogP) is -3.52. The number of aryl methyl sites for hydroxylation is 1. The molecular formula is C32H47N12O16P2+. The van der Waals surface area contributed by atoms with Gasteiger partial charge in [-0.3, -0.25) is 27.9 Å². The Labute approximate surface area is 350 Å². The van der Waals surface area contributed by atoms with Gasteiger partial charge >= 0.3 is 15.6 Å². The van der Waals surface area contributed by atoms with E-state index in [1.165, 1.54) is 46.3 Å². The Morgan fingerprint density at radius 1 is 0.968 bits per heavy atom. The van der Waals surface area contributed by atoms with E-state index in [-0.39, 0.29) is 41.4 Å². The summed E-state index contributed by atoms with van der Waals surface area (Å²) in [6.45, 7) is 0.341. The molecular weight excluding hydrogens is 870 g/mol. The minimum Gasteiger partial charge on any atom is -0.387 e. The van der Waals surface area contributed by atoms with Crippen molar-refractivity contribution in [1.82, 2.24) is 39.8 Å². The zero-order chi connectivity index (χ0) is 44.6. The molecule has 2 amide bonds. The molecule has 6 rings (SSSR count). The third-order valence-corrected chi connectivity index (χ3v) is 12.0. The Morgan fingerprint density at radius 2 is 1.69 bits per heavy atom. The fourth-order valence-corrected chi connectivity index (χ4v) is 8.39. The summed E-state index contributed by atoms with van der Waals surface area (Å²) in [5, 5.41) is 56.7. The van der Waals surface area contributed by atoms with Crippen LogP contribution in [-0.4, -0.2) is 153 Å². The Bertz CT molecular complexity index is 2250. The summed E-state index contributed by atoms with van der Waals surface area (Å²) < 4.78 is 59.8. The van der Waals surface area contributed by atoms with Crippen molar-refractivity contribution in [3.05, 3.63) is 54.6 Å². The van der Waals surface area contributed by atoms with Gasteiger partial charge in [0.05, 0.1) is 45.5 Å². The molecule has 0 spiro atoms. The van der Waals surface area contributed by atoms with E-state index in [0.717, 1.165) is 0 Å². The van der Waals surface area contributed by atoms with Crippen molar-refractivity contribution in [2.45, 2.75) is 75.0 Å². The first-order chi connectivity index (χ1) is 29.6. The number of nitrogens with zero attached hydrogens (tertiary/aromatic N) is 8. The lowest BCUT2D eigenvalue weighted by Gasteiger charge is -2.20. The molecule has 10 atom stereocenters. The van der Waals surface area contributed by atoms with Crippen molar-refractivity contribution >= 4 is 44.4 Å². The molecule has 2 unspecified atom stereocenters. The molecule has 0 radical (unpaired) electrons. The van der Waals surface area contributed by atoms with Crippen molar-refractivity contribution in [3.8, 4) is 0 Å². The van der Waals surface area contributed by atoms with E-state index < -0.39 is 83.8 Å². The number of phosphoric ester groups is 2. The number of pyridine rings is 1. The molecule has 2 aliphatic rings. The number of imidazole rings is 1. The molecule has 2 fully saturated rings. The molecule has 28 nitrogen and oxygen atoms in total. The summed E-state index contributed by atoms with van der Waals surface area (Å²) in [6, 6.07) is 2.83. The fraction of sp³-hybridized carbons (Fsp3) is 0.562. The van der Waals surface area contributed by atoms with Gasteiger partial charge in [-0.2, -0.15) is 8.88 Å². The molecule has 0 aliphatic carbocycles. The van der Waals surface area contributed by atoms with Gasteiger partial charge in [-0.15, -0.1) is 5.10 Å². The third kappa shape index (κ3) is 11.9. The Hall–Kier alpha value is -4.48. The van der Waals surface area contributed by atoms with Gasteiger partial charge in [0.2, 0.25) is 5.91 Å². The van der Waals surface area contributed by atoms with E-state index in [2.05, 4.69) is 40.2 Å². The largest absolute Gasteiger partial charge is 0.481 e. The number of carbonyl (C=O) groups excluding carboxylic acids is 2. The van der Waals surface area contributed by atoms with Crippen molar-refractivity contribution in [1.29, 1.82) is 0 Å². The van der Waals surface area contributed by atoms with Gasteiger partial charge in [-0.1, -0.05) is 5.21 Å². The molecule has 12 N–H and O–H groups in total. The number of hydrogen-bond donors (Lipinski definition) is 10. The number of nitrogens with two attached hydrogens (primary N) is 2. The van der Waals surface area contributed by atoms with Crippen molar-refractivity contribution in [3.63, 3.8) is 0 Å². The summed E-state index contributed by atoms with van der Waals surface area (Å²) in [6.07, 6.45) is -4.51. The molecule has 0 aromatic carbocycles. The van der Waals surface area contributed by atoms with Crippen molar-refractivity contribution in [2.24, 2.45) is 11.5 Å². The van der Waals surface area contributed by atoms with Crippen LogP contribution >= 0.6 is 15.6 Å². The highest BCUT2D eigenvalue weighted by Crippen LogP contribution is 2.60. The number of nitrogens with one attached hydrogen (secondary N) is 2. The standard InChI is InChI=1S/C32H46N12O16P2/c33-5-10-55-9-4-22(45)35-6-2-8-43-13-19(40-41-43)11-36-29-23-30(38-16-37-29)44(17-39-23)32-27(49)25(47)21(59-32)15-57-62(53,54)60-61(51,52)56-14-20-24(46)26(48)31(58-20)42-7-1-3-18(12-42)28(34)50/h1,3,7,12-13,16-17,20-21,24-27,31-32,46-49H,2,4-6,8-11,14-15,33H2,(H5-,34,35,36,37,38,45,50,51,52,53,54)/p+1/t20-,21-,24-,25-,26-,27-,31-,32-/m1/s1. The first-order valence-electron chi connectivity index (χ1n) is 18.9. The summed E-state index contributed by atoms with van der Waals surface area (Å²) in [5.74, 6) is -0.625. The number of anilines is 1. The van der Waals surface area contributed by atoms with E-state index >= 15 is 0 Å². The number of primary amides is 1. The quantitative estimate of drug-likeness (QED) is 0.0196. The normalized spacial score (nSPS) is 25.7. The van der Waals surface area contributed by atoms with Gasteiger partial charge in [0.25, 0.3) is 12.1 Å². The molecule has 2 saturated heterocycles. The van der Waals surface area contributed by atoms with Gasteiger partial charge in [0.1, 0.15) is 48.1 Å². The second-order valence-corrected chi connectivity index (χ2v) is 16.9. The molecule has 340 valence electrons. The van der Waals surface area contributed by atoms with Crippen LogP contribution in [0.2, 0.25) is 0 Å². The second-order valence-electron chi connectivity index (χ2n) is 13.8. The number of amides is 2. The highest BCUT2D eigenvalue weighted by Gasteiger charge is 2.50. The van der Waals surface area contributed by atoms with Crippen LogP contribution < -0.4 is 26.7 Å². The van der Waals surface area contributed by atoms with E-state index in [9.17, 15) is 48.9 Å². The second kappa shape index (κ2) is 20.8. The SMILES string of the molecule is NCCOCCC(=O)NCCCn1cc(CNc2ncnc3c2ncn3[C@@H]2O[C@H](COP(=O)(O)OP(=O)(O)OC[C@H]3O[C@@H]([n+]4cccc(C(N)=O)c4)[C@H](O)[C@@H]3O)[C@@H](O)[C@H]2O)nn1. The van der Waals surface area contributed by atoms with Gasteiger partial charge in [-0.25, -0.2) is 24.1 Å². The number of aliphatic hydroxyl groups excluding tert-OH is 4. The molecule has 62 heavy (non-hydrogen) atoms. The smallest absolute Gasteiger partial charge is 0.387 e. The lowest BCUT2D eigenvalue weighted by Crippen LogP contribution is -2.46. The summed E-state index contributed by atoms with van der Waals surface area (Å²) >= 11 is 0. The highest BCUT2D eigenvalue weighted by molar-refractivity contribution is 7.61. The van der Waals surface area contributed by atoms with Crippen LogP contribution in [0.3, 0.4) is 0 Å². The summed E-state index contributed by atoms with van der Waals surface area (Å²) in [7, 11) is -10.9. The predicted molar refractivity (Wildman–Crippen MR) is 204 cm³/mol. The number of rotatable bonds is 23. The maximum Gasteiger partial charge on any atom is 0.481 e. The molecule has 4 aromatic rings. The highest BCUT2D eigenvalue weighted by atomic mass is 31.3. The van der Waals surface area contributed by atoms with Crippen molar-refractivity contribution in [2.75, 3.05) is 44.8 Å². The van der Waals surface area contributed by atoms with Crippen LogP contribution in [0.15, 0.2) is 43.4 Å².